The normalized spacial score (nSPS) is 12.7. The Morgan fingerprint density at radius 2 is 0.964 bits per heavy atom. The van der Waals surface area contributed by atoms with Crippen molar-refractivity contribution in [3.8, 4) is 16.8 Å². The van der Waals surface area contributed by atoms with Gasteiger partial charge in [-0.25, -0.2) is 4.98 Å². The number of fused-ring (bicyclic) bond motifs is 16. The molecule has 0 bridgehead atoms. The molecule has 0 spiro atoms. The van der Waals surface area contributed by atoms with Gasteiger partial charge < -0.3 is 8.97 Å². The predicted molar refractivity (Wildman–Crippen MR) is 231 cm³/mol. The van der Waals surface area contributed by atoms with Crippen molar-refractivity contribution in [1.29, 1.82) is 0 Å². The van der Waals surface area contributed by atoms with Crippen LogP contribution in [0.5, 0.6) is 0 Å². The molecule has 6 heterocycles. The summed E-state index contributed by atoms with van der Waals surface area (Å²) in [5.74, 6) is 0. The maximum atomic E-state index is 5.64. The van der Waals surface area contributed by atoms with Gasteiger partial charge in [0.1, 0.15) is 5.65 Å². The summed E-state index contributed by atoms with van der Waals surface area (Å²) in [6.07, 6.45) is 0. The van der Waals surface area contributed by atoms with Gasteiger partial charge in [0, 0.05) is 59.7 Å². The van der Waals surface area contributed by atoms with Crippen LogP contribution in [-0.4, -0.2) is 18.4 Å². The van der Waals surface area contributed by atoms with E-state index in [2.05, 4.69) is 183 Å². The van der Waals surface area contributed by atoms with Crippen molar-refractivity contribution in [2.24, 2.45) is 0 Å². The van der Waals surface area contributed by atoms with E-state index in [1.165, 1.54) is 109 Å². The lowest BCUT2D eigenvalue weighted by Gasteiger charge is -2.09. The molecular formula is C51H28N4. The Bertz CT molecular complexity index is 3940. The van der Waals surface area contributed by atoms with Gasteiger partial charge in [-0.3, -0.25) is 4.40 Å². The molecule has 55 heavy (non-hydrogen) atoms. The quantitative estimate of drug-likeness (QED) is 0.177. The van der Waals surface area contributed by atoms with Crippen molar-refractivity contribution >= 4 is 109 Å². The maximum Gasteiger partial charge on any atom is 0.146 e. The van der Waals surface area contributed by atoms with Gasteiger partial charge in [0.05, 0.1) is 44.1 Å². The molecule has 0 aliphatic heterocycles. The molecule has 4 nitrogen and oxygen atoms in total. The van der Waals surface area contributed by atoms with Crippen molar-refractivity contribution < 1.29 is 0 Å². The highest BCUT2D eigenvalue weighted by Crippen LogP contribution is 2.46. The zero-order valence-corrected chi connectivity index (χ0v) is 29.5. The summed E-state index contributed by atoms with van der Waals surface area (Å²) in [5.41, 5.74) is 14.1. The molecule has 0 saturated heterocycles. The molecule has 0 saturated carbocycles. The largest absolute Gasteiger partial charge is 0.309 e. The fourth-order valence-electron chi connectivity index (χ4n) is 10.2. The van der Waals surface area contributed by atoms with Crippen LogP contribution in [0.1, 0.15) is 0 Å². The van der Waals surface area contributed by atoms with Crippen LogP contribution in [0.4, 0.5) is 0 Å². The van der Waals surface area contributed by atoms with Crippen molar-refractivity contribution in [2.45, 2.75) is 0 Å². The Balaban J connectivity index is 1.10. The van der Waals surface area contributed by atoms with Gasteiger partial charge in [0.2, 0.25) is 0 Å². The van der Waals surface area contributed by atoms with Gasteiger partial charge >= 0.3 is 0 Å². The van der Waals surface area contributed by atoms with Crippen molar-refractivity contribution in [3.63, 3.8) is 0 Å². The Morgan fingerprint density at radius 3 is 1.82 bits per heavy atom. The first-order chi connectivity index (χ1) is 27.3. The van der Waals surface area contributed by atoms with Crippen LogP contribution >= 0.6 is 0 Å². The molecule has 0 amide bonds. The van der Waals surface area contributed by atoms with Crippen molar-refractivity contribution in [2.75, 3.05) is 0 Å². The molecule has 0 atom stereocenters. The molecule has 6 aromatic heterocycles. The van der Waals surface area contributed by atoms with Crippen LogP contribution in [0.15, 0.2) is 170 Å². The minimum atomic E-state index is 1.02. The molecule has 4 heteroatoms. The molecule has 0 fully saturated rings. The summed E-state index contributed by atoms with van der Waals surface area (Å²) in [7, 11) is 0. The van der Waals surface area contributed by atoms with Gasteiger partial charge in [-0.15, -0.1) is 0 Å². The molecule has 0 N–H and O–H groups in total. The first kappa shape index (κ1) is 28.1. The predicted octanol–water partition coefficient (Wildman–Crippen LogP) is 13.3. The van der Waals surface area contributed by atoms with Crippen LogP contribution < -0.4 is 0 Å². The monoisotopic (exact) mass is 696 g/mol. The van der Waals surface area contributed by atoms with E-state index in [1.54, 1.807) is 0 Å². The minimum absolute atomic E-state index is 1.02. The number of pyridine rings is 1. The van der Waals surface area contributed by atoms with Crippen molar-refractivity contribution in [1.82, 2.24) is 18.4 Å². The Morgan fingerprint density at radius 1 is 0.345 bits per heavy atom. The number of hydrogen-bond acceptors (Lipinski definition) is 1. The highest BCUT2D eigenvalue weighted by atomic mass is 15.0. The van der Waals surface area contributed by atoms with Gasteiger partial charge in [0.25, 0.3) is 0 Å². The second-order valence-corrected chi connectivity index (χ2v) is 15.1. The van der Waals surface area contributed by atoms with E-state index in [1.807, 2.05) is 0 Å². The molecule has 14 rings (SSSR count). The molecular weight excluding hydrogens is 669 g/mol. The van der Waals surface area contributed by atoms with Gasteiger partial charge in [-0.2, -0.15) is 0 Å². The summed E-state index contributed by atoms with van der Waals surface area (Å²) in [4.78, 5) is 5.64. The minimum Gasteiger partial charge on any atom is -0.309 e. The van der Waals surface area contributed by atoms with Gasteiger partial charge in [-0.05, 0) is 64.9 Å². The lowest BCUT2D eigenvalue weighted by atomic mass is 9.99. The number of aromatic nitrogens is 4. The van der Waals surface area contributed by atoms with E-state index >= 15 is 0 Å². The summed E-state index contributed by atoms with van der Waals surface area (Å²) >= 11 is 0. The SMILES string of the molecule is c1ccc(-n2c3ccccc3c3cc(-c4cccc5c6cccc7c8nc9c(cc8n(c45)c67)c4cccc5c6cc7ccccc7cc6n9c54)ccc32)cc1. The highest BCUT2D eigenvalue weighted by Gasteiger charge is 2.25. The first-order valence-corrected chi connectivity index (χ1v) is 19.0. The number of hydrogen-bond donors (Lipinski definition) is 0. The molecule has 252 valence electrons. The number of nitrogens with zero attached hydrogens (tertiary/aromatic N) is 4. The smallest absolute Gasteiger partial charge is 0.146 e. The van der Waals surface area contributed by atoms with E-state index in [0.29, 0.717) is 0 Å². The lowest BCUT2D eigenvalue weighted by Crippen LogP contribution is -1.93. The lowest BCUT2D eigenvalue weighted by molar-refractivity contribution is 1.18. The number of rotatable bonds is 2. The Kier molecular flexibility index (Phi) is 4.99. The second-order valence-electron chi connectivity index (χ2n) is 15.1. The molecule has 8 aromatic carbocycles. The van der Waals surface area contributed by atoms with Crippen LogP contribution in [0.25, 0.3) is 126 Å². The summed E-state index contributed by atoms with van der Waals surface area (Å²) < 4.78 is 7.31. The van der Waals surface area contributed by atoms with Crippen LogP contribution in [-0.2, 0) is 0 Å². The van der Waals surface area contributed by atoms with Crippen LogP contribution in [0.2, 0.25) is 0 Å². The third kappa shape index (κ3) is 3.37. The molecule has 0 radical (unpaired) electrons. The maximum absolute atomic E-state index is 5.64. The Hall–Kier alpha value is -7.43. The zero-order valence-electron chi connectivity index (χ0n) is 29.5. The summed E-state index contributed by atoms with van der Waals surface area (Å²) in [6, 6.07) is 62.5. The van der Waals surface area contributed by atoms with E-state index in [4.69, 9.17) is 4.98 Å². The fourth-order valence-corrected chi connectivity index (χ4v) is 10.2. The topological polar surface area (TPSA) is 26.6 Å². The molecule has 14 aromatic rings. The molecule has 0 aliphatic carbocycles. The molecule has 0 aliphatic rings. The summed E-state index contributed by atoms with van der Waals surface area (Å²) in [5, 5.41) is 13.7. The average Bonchev–Trinajstić information content (AvgIpc) is 4.02. The second kappa shape index (κ2) is 9.75. The third-order valence-electron chi connectivity index (χ3n) is 12.4. The number of para-hydroxylation sites is 5. The van der Waals surface area contributed by atoms with Gasteiger partial charge in [0.15, 0.2) is 0 Å². The first-order valence-electron chi connectivity index (χ1n) is 19.0. The van der Waals surface area contributed by atoms with Crippen LogP contribution in [0, 0.1) is 0 Å². The zero-order chi connectivity index (χ0) is 35.5. The van der Waals surface area contributed by atoms with E-state index in [0.717, 1.165) is 16.7 Å². The molecule has 0 unspecified atom stereocenters. The van der Waals surface area contributed by atoms with E-state index in [-0.39, 0.29) is 0 Å². The van der Waals surface area contributed by atoms with Gasteiger partial charge in [-0.1, -0.05) is 121 Å². The Labute approximate surface area is 313 Å². The average molecular weight is 697 g/mol. The highest BCUT2D eigenvalue weighted by molar-refractivity contribution is 6.28. The van der Waals surface area contributed by atoms with Crippen LogP contribution in [0.3, 0.4) is 0 Å². The third-order valence-corrected chi connectivity index (χ3v) is 12.4. The van der Waals surface area contributed by atoms with E-state index in [9.17, 15) is 0 Å². The van der Waals surface area contributed by atoms with E-state index < -0.39 is 0 Å². The fraction of sp³-hybridized carbons (Fsp3) is 0. The summed E-state index contributed by atoms with van der Waals surface area (Å²) in [6.45, 7) is 0. The standard InChI is InChI=1S/C51H28N4/c1-2-13-32(14-3-1)53-43-22-7-6-15-34(43)40-26-31(23-24-44(40)53)33-16-8-17-35-36-18-10-21-39-47-46(54(48(33)35)50(36)39)28-42-38-20-9-19-37-41-25-29-11-4-5-12-30(29)27-45(41)55(49(37)38)51(42)52-47/h1-28H. The number of benzene rings is 8. The van der Waals surface area contributed by atoms with Crippen molar-refractivity contribution in [3.05, 3.63) is 170 Å².